The van der Waals surface area contributed by atoms with Gasteiger partial charge in [0.1, 0.15) is 0 Å². The number of carbonyl (C=O) groups is 1. The van der Waals surface area contributed by atoms with Crippen LogP contribution in [0, 0.1) is 0 Å². The van der Waals surface area contributed by atoms with Crippen molar-refractivity contribution >= 4 is 22.4 Å². The summed E-state index contributed by atoms with van der Waals surface area (Å²) in [5, 5.41) is 5.63. The number of rotatable bonds is 4. The average molecular weight is 286 g/mol. The summed E-state index contributed by atoms with van der Waals surface area (Å²) in [6, 6.07) is 7.77. The van der Waals surface area contributed by atoms with E-state index >= 15 is 0 Å². The fraction of sp³-hybridized carbons (Fsp3) is 0.375. The Morgan fingerprint density at radius 2 is 2.00 bits per heavy atom. The van der Waals surface area contributed by atoms with E-state index in [1.165, 1.54) is 29.7 Å². The molecule has 1 saturated carbocycles. The van der Waals surface area contributed by atoms with Crippen molar-refractivity contribution in [3.8, 4) is 0 Å². The minimum absolute atomic E-state index is 0.0861. The molecule has 1 amide bonds. The molecule has 1 N–H and O–H groups in total. The second-order valence-corrected chi connectivity index (χ2v) is 6.44. The largest absolute Gasteiger partial charge is 0.298 e. The Hall–Kier alpha value is -1.68. The van der Waals surface area contributed by atoms with Gasteiger partial charge in [-0.1, -0.05) is 26.0 Å². The van der Waals surface area contributed by atoms with Crippen molar-refractivity contribution in [2.24, 2.45) is 0 Å². The summed E-state index contributed by atoms with van der Waals surface area (Å²) in [4.78, 5) is 16.6. The third-order valence-electron chi connectivity index (χ3n) is 3.58. The van der Waals surface area contributed by atoms with Gasteiger partial charge >= 0.3 is 0 Å². The van der Waals surface area contributed by atoms with Crippen LogP contribution in [0.3, 0.4) is 0 Å². The second kappa shape index (κ2) is 5.37. The first-order valence-electron chi connectivity index (χ1n) is 7.00. The summed E-state index contributed by atoms with van der Waals surface area (Å²) in [7, 11) is 0. The van der Waals surface area contributed by atoms with Crippen LogP contribution >= 0.6 is 11.3 Å². The third-order valence-corrected chi connectivity index (χ3v) is 4.35. The quantitative estimate of drug-likeness (QED) is 0.905. The third kappa shape index (κ3) is 2.90. The molecule has 1 heterocycles. The van der Waals surface area contributed by atoms with E-state index in [9.17, 15) is 4.79 Å². The van der Waals surface area contributed by atoms with Crippen LogP contribution in [0.15, 0.2) is 29.6 Å². The standard InChI is InChI=1S/C16H18N2OS/c1-10(2)11-3-7-13(8-4-11)15(19)18-16-17-14(9-20-16)12-5-6-12/h3-4,7-10,12H,5-6H2,1-2H3,(H,17,18,19). The van der Waals surface area contributed by atoms with E-state index in [1.54, 1.807) is 0 Å². The summed E-state index contributed by atoms with van der Waals surface area (Å²) >= 11 is 1.51. The fourth-order valence-electron chi connectivity index (χ4n) is 2.10. The molecule has 0 atom stereocenters. The van der Waals surface area contributed by atoms with Crippen molar-refractivity contribution in [3.63, 3.8) is 0 Å². The minimum Gasteiger partial charge on any atom is -0.298 e. The van der Waals surface area contributed by atoms with Gasteiger partial charge in [0, 0.05) is 16.9 Å². The summed E-state index contributed by atoms with van der Waals surface area (Å²) in [6.07, 6.45) is 2.46. The number of aromatic nitrogens is 1. The van der Waals surface area contributed by atoms with E-state index in [0.29, 0.717) is 22.5 Å². The predicted octanol–water partition coefficient (Wildman–Crippen LogP) is 4.40. The molecule has 0 spiro atoms. The Kier molecular flexibility index (Phi) is 3.57. The van der Waals surface area contributed by atoms with E-state index in [4.69, 9.17) is 0 Å². The number of amides is 1. The van der Waals surface area contributed by atoms with Crippen LogP contribution in [0.5, 0.6) is 0 Å². The van der Waals surface area contributed by atoms with Gasteiger partial charge in [-0.25, -0.2) is 4.98 Å². The fourth-order valence-corrected chi connectivity index (χ4v) is 2.89. The lowest BCUT2D eigenvalue weighted by Crippen LogP contribution is -2.11. The normalized spacial score (nSPS) is 14.6. The zero-order valence-corrected chi connectivity index (χ0v) is 12.5. The topological polar surface area (TPSA) is 42.0 Å². The average Bonchev–Trinajstić information content (AvgIpc) is 3.20. The maximum absolute atomic E-state index is 12.1. The molecule has 3 rings (SSSR count). The number of benzene rings is 1. The Morgan fingerprint density at radius 1 is 1.30 bits per heavy atom. The lowest BCUT2D eigenvalue weighted by atomic mass is 10.0. The monoisotopic (exact) mass is 286 g/mol. The highest BCUT2D eigenvalue weighted by molar-refractivity contribution is 7.14. The summed E-state index contributed by atoms with van der Waals surface area (Å²) in [5.74, 6) is 1.02. The lowest BCUT2D eigenvalue weighted by molar-refractivity contribution is 0.102. The molecular formula is C16H18N2OS. The molecule has 0 saturated heterocycles. The van der Waals surface area contributed by atoms with Crippen LogP contribution in [-0.4, -0.2) is 10.9 Å². The van der Waals surface area contributed by atoms with Crippen LogP contribution in [0.25, 0.3) is 0 Å². The highest BCUT2D eigenvalue weighted by atomic mass is 32.1. The highest BCUT2D eigenvalue weighted by Crippen LogP contribution is 2.40. The van der Waals surface area contributed by atoms with Crippen LogP contribution in [0.1, 0.15) is 60.1 Å². The molecule has 2 aromatic rings. The molecule has 0 radical (unpaired) electrons. The Morgan fingerprint density at radius 3 is 2.60 bits per heavy atom. The summed E-state index contributed by atoms with van der Waals surface area (Å²) < 4.78 is 0. The number of hydrogen-bond acceptors (Lipinski definition) is 3. The molecule has 1 aromatic heterocycles. The zero-order chi connectivity index (χ0) is 14.1. The highest BCUT2D eigenvalue weighted by Gasteiger charge is 2.26. The Labute approximate surface area is 123 Å². The van der Waals surface area contributed by atoms with Gasteiger partial charge in [-0.15, -0.1) is 11.3 Å². The molecule has 1 fully saturated rings. The summed E-state index contributed by atoms with van der Waals surface area (Å²) in [5.41, 5.74) is 3.05. The first-order chi connectivity index (χ1) is 9.63. The molecule has 104 valence electrons. The second-order valence-electron chi connectivity index (χ2n) is 5.58. The lowest BCUT2D eigenvalue weighted by Gasteiger charge is -2.06. The molecule has 3 nitrogen and oxygen atoms in total. The van der Waals surface area contributed by atoms with Crippen LogP contribution in [0.2, 0.25) is 0 Å². The van der Waals surface area contributed by atoms with E-state index in [-0.39, 0.29) is 5.91 Å². The van der Waals surface area contributed by atoms with Gasteiger partial charge in [0.25, 0.3) is 5.91 Å². The van der Waals surface area contributed by atoms with E-state index in [0.717, 1.165) is 5.69 Å². The predicted molar refractivity (Wildman–Crippen MR) is 82.6 cm³/mol. The van der Waals surface area contributed by atoms with E-state index in [2.05, 4.69) is 29.5 Å². The van der Waals surface area contributed by atoms with Gasteiger partial charge in [-0.2, -0.15) is 0 Å². The van der Waals surface area contributed by atoms with Crippen LogP contribution < -0.4 is 5.32 Å². The molecule has 1 aliphatic carbocycles. The van der Waals surface area contributed by atoms with Gasteiger partial charge in [0.05, 0.1) is 5.69 Å². The molecule has 0 unspecified atom stereocenters. The van der Waals surface area contributed by atoms with Crippen LogP contribution in [0.4, 0.5) is 5.13 Å². The Balaban J connectivity index is 1.68. The first kappa shape index (κ1) is 13.3. The Bertz CT molecular complexity index is 612. The number of nitrogens with zero attached hydrogens (tertiary/aromatic N) is 1. The van der Waals surface area contributed by atoms with Gasteiger partial charge in [-0.05, 0) is 36.5 Å². The number of carbonyl (C=O) groups excluding carboxylic acids is 1. The van der Waals surface area contributed by atoms with Gasteiger partial charge in [-0.3, -0.25) is 10.1 Å². The first-order valence-corrected chi connectivity index (χ1v) is 7.88. The number of nitrogens with one attached hydrogen (secondary N) is 1. The molecule has 0 aliphatic heterocycles. The number of anilines is 1. The van der Waals surface area contributed by atoms with E-state index < -0.39 is 0 Å². The SMILES string of the molecule is CC(C)c1ccc(C(=O)Nc2nc(C3CC3)cs2)cc1. The van der Waals surface area contributed by atoms with Gasteiger partial charge < -0.3 is 0 Å². The van der Waals surface area contributed by atoms with Crippen molar-refractivity contribution in [1.29, 1.82) is 0 Å². The minimum atomic E-state index is -0.0861. The molecular weight excluding hydrogens is 268 g/mol. The summed E-state index contributed by atoms with van der Waals surface area (Å²) in [6.45, 7) is 4.29. The molecule has 4 heteroatoms. The van der Waals surface area contributed by atoms with E-state index in [1.807, 2.05) is 24.3 Å². The number of thiazole rings is 1. The van der Waals surface area contributed by atoms with Crippen molar-refractivity contribution in [2.45, 2.75) is 38.5 Å². The van der Waals surface area contributed by atoms with Crippen LogP contribution in [-0.2, 0) is 0 Å². The van der Waals surface area contributed by atoms with Crippen molar-refractivity contribution in [3.05, 3.63) is 46.5 Å². The van der Waals surface area contributed by atoms with Crippen molar-refractivity contribution < 1.29 is 4.79 Å². The smallest absolute Gasteiger partial charge is 0.257 e. The molecule has 0 bridgehead atoms. The van der Waals surface area contributed by atoms with Gasteiger partial charge in [0.15, 0.2) is 5.13 Å². The van der Waals surface area contributed by atoms with Crippen molar-refractivity contribution in [1.82, 2.24) is 4.98 Å². The maximum atomic E-state index is 12.1. The van der Waals surface area contributed by atoms with Crippen molar-refractivity contribution in [2.75, 3.05) is 5.32 Å². The molecule has 1 aliphatic rings. The maximum Gasteiger partial charge on any atom is 0.257 e. The van der Waals surface area contributed by atoms with Gasteiger partial charge in [0.2, 0.25) is 0 Å². The zero-order valence-electron chi connectivity index (χ0n) is 11.7. The number of hydrogen-bond donors (Lipinski definition) is 1. The molecule has 1 aromatic carbocycles. The molecule has 20 heavy (non-hydrogen) atoms.